The first-order chi connectivity index (χ1) is 12.6. The fourth-order valence-electron chi connectivity index (χ4n) is 2.92. The van der Waals surface area contributed by atoms with Crippen molar-refractivity contribution in [2.75, 3.05) is 26.3 Å². The Hall–Kier alpha value is -1.75. The third-order valence-electron chi connectivity index (χ3n) is 4.91. The predicted octanol–water partition coefficient (Wildman–Crippen LogP) is 3.72. The fraction of sp³-hybridized carbons (Fsp3) is 0.667. The molecule has 0 aliphatic rings. The van der Waals surface area contributed by atoms with E-state index in [-0.39, 0.29) is 12.0 Å². The molecule has 0 aliphatic heterocycles. The van der Waals surface area contributed by atoms with Gasteiger partial charge in [-0.1, -0.05) is 32.9 Å². The van der Waals surface area contributed by atoms with Crippen molar-refractivity contribution in [1.29, 1.82) is 0 Å². The summed E-state index contributed by atoms with van der Waals surface area (Å²) < 4.78 is 5.69. The Balaban J connectivity index is 2.73. The highest BCUT2D eigenvalue weighted by Crippen LogP contribution is 2.29. The van der Waals surface area contributed by atoms with E-state index in [2.05, 4.69) is 50.5 Å². The minimum atomic E-state index is 0.110. The predicted molar refractivity (Wildman–Crippen MR) is 110 cm³/mol. The number of aliphatic imine (C=N–C) groups is 1. The normalized spacial score (nSPS) is 12.1. The number of nitrogens with zero attached hydrogens (tertiary/aromatic N) is 1. The van der Waals surface area contributed by atoms with Crippen LogP contribution in [0.4, 0.5) is 0 Å². The van der Waals surface area contributed by atoms with E-state index in [0.717, 1.165) is 62.7 Å². The third-order valence-corrected chi connectivity index (χ3v) is 4.91. The molecule has 0 atom stereocenters. The van der Waals surface area contributed by atoms with Crippen LogP contribution in [0.3, 0.4) is 0 Å². The van der Waals surface area contributed by atoms with E-state index in [1.54, 1.807) is 0 Å². The molecule has 0 unspecified atom stereocenters. The Morgan fingerprint density at radius 2 is 1.92 bits per heavy atom. The molecule has 0 aliphatic carbocycles. The molecule has 148 valence electrons. The van der Waals surface area contributed by atoms with Crippen LogP contribution in [0.15, 0.2) is 29.3 Å². The topological polar surface area (TPSA) is 65.9 Å². The standard InChI is InChI=1S/C21H37N3O2/c1-5-14-26-19-11-9-10-18(15-19)16-23-20(22-8-4)24-17-21(6-2,7-3)12-13-25/h9-11,15,25H,5-8,12-14,16-17H2,1-4H3,(H2,22,23,24). The zero-order valence-electron chi connectivity index (χ0n) is 17.0. The average molecular weight is 364 g/mol. The van der Waals surface area contributed by atoms with E-state index in [4.69, 9.17) is 9.73 Å². The number of rotatable bonds is 12. The molecule has 5 heteroatoms. The maximum absolute atomic E-state index is 9.39. The maximum atomic E-state index is 9.39. The van der Waals surface area contributed by atoms with Gasteiger partial charge in [0.25, 0.3) is 0 Å². The molecule has 0 amide bonds. The second-order valence-electron chi connectivity index (χ2n) is 6.73. The summed E-state index contributed by atoms with van der Waals surface area (Å²) in [6.45, 7) is 11.7. The monoisotopic (exact) mass is 363 g/mol. The second kappa shape index (κ2) is 12.6. The van der Waals surface area contributed by atoms with Crippen molar-refractivity contribution in [2.24, 2.45) is 10.4 Å². The Morgan fingerprint density at radius 1 is 1.15 bits per heavy atom. The quantitative estimate of drug-likeness (QED) is 0.391. The lowest BCUT2D eigenvalue weighted by atomic mass is 9.79. The first-order valence-corrected chi connectivity index (χ1v) is 9.97. The third kappa shape index (κ3) is 7.65. The van der Waals surface area contributed by atoms with Gasteiger partial charge in [-0.2, -0.15) is 0 Å². The number of guanidine groups is 1. The van der Waals surface area contributed by atoms with E-state index in [1.165, 1.54) is 0 Å². The van der Waals surface area contributed by atoms with Crippen LogP contribution in [0.1, 0.15) is 58.9 Å². The van der Waals surface area contributed by atoms with Crippen molar-refractivity contribution in [1.82, 2.24) is 10.6 Å². The first kappa shape index (κ1) is 22.3. The van der Waals surface area contributed by atoms with Crippen molar-refractivity contribution in [3.63, 3.8) is 0 Å². The molecule has 0 heterocycles. The largest absolute Gasteiger partial charge is 0.494 e. The lowest BCUT2D eigenvalue weighted by Gasteiger charge is -2.32. The van der Waals surface area contributed by atoms with Gasteiger partial charge in [-0.3, -0.25) is 0 Å². The van der Waals surface area contributed by atoms with Gasteiger partial charge in [0.15, 0.2) is 5.96 Å². The highest BCUT2D eigenvalue weighted by Gasteiger charge is 2.25. The van der Waals surface area contributed by atoms with Gasteiger partial charge in [-0.25, -0.2) is 4.99 Å². The lowest BCUT2D eigenvalue weighted by molar-refractivity contribution is 0.169. The van der Waals surface area contributed by atoms with Crippen molar-refractivity contribution in [2.45, 2.75) is 59.9 Å². The molecule has 3 N–H and O–H groups in total. The van der Waals surface area contributed by atoms with Gasteiger partial charge in [0, 0.05) is 19.7 Å². The van der Waals surface area contributed by atoms with E-state index >= 15 is 0 Å². The van der Waals surface area contributed by atoms with Crippen molar-refractivity contribution >= 4 is 5.96 Å². The maximum Gasteiger partial charge on any atom is 0.191 e. The van der Waals surface area contributed by atoms with Gasteiger partial charge in [-0.05, 0) is 55.7 Å². The smallest absolute Gasteiger partial charge is 0.191 e. The van der Waals surface area contributed by atoms with E-state index in [0.29, 0.717) is 6.54 Å². The van der Waals surface area contributed by atoms with E-state index in [1.807, 2.05) is 12.1 Å². The molecule has 0 saturated carbocycles. The van der Waals surface area contributed by atoms with Crippen molar-refractivity contribution in [3.8, 4) is 5.75 Å². The lowest BCUT2D eigenvalue weighted by Crippen LogP contribution is -2.43. The van der Waals surface area contributed by atoms with Gasteiger partial charge in [0.1, 0.15) is 5.75 Å². The summed E-state index contributed by atoms with van der Waals surface area (Å²) in [6.07, 6.45) is 3.88. The number of aliphatic hydroxyl groups excluding tert-OH is 1. The Kier molecular flexibility index (Phi) is 10.8. The molecule has 0 fully saturated rings. The van der Waals surface area contributed by atoms with Crippen LogP contribution < -0.4 is 15.4 Å². The molecule has 0 spiro atoms. The minimum Gasteiger partial charge on any atom is -0.494 e. The second-order valence-corrected chi connectivity index (χ2v) is 6.73. The zero-order valence-corrected chi connectivity index (χ0v) is 17.0. The molecule has 0 aromatic heterocycles. The highest BCUT2D eigenvalue weighted by atomic mass is 16.5. The molecule has 0 bridgehead atoms. The summed E-state index contributed by atoms with van der Waals surface area (Å²) in [5.74, 6) is 1.72. The van der Waals surface area contributed by atoms with Gasteiger partial charge in [0.05, 0.1) is 13.2 Å². The molecule has 0 radical (unpaired) electrons. The van der Waals surface area contributed by atoms with Crippen molar-refractivity contribution in [3.05, 3.63) is 29.8 Å². The Morgan fingerprint density at radius 3 is 2.54 bits per heavy atom. The summed E-state index contributed by atoms with van der Waals surface area (Å²) in [5, 5.41) is 16.2. The molecular weight excluding hydrogens is 326 g/mol. The highest BCUT2D eigenvalue weighted by molar-refractivity contribution is 5.79. The van der Waals surface area contributed by atoms with Gasteiger partial charge < -0.3 is 20.5 Å². The summed E-state index contributed by atoms with van der Waals surface area (Å²) in [4.78, 5) is 4.71. The summed E-state index contributed by atoms with van der Waals surface area (Å²) in [5.41, 5.74) is 1.24. The van der Waals surface area contributed by atoms with Gasteiger partial charge >= 0.3 is 0 Å². The zero-order chi connectivity index (χ0) is 19.3. The molecule has 1 rings (SSSR count). The number of nitrogens with one attached hydrogen (secondary N) is 2. The summed E-state index contributed by atoms with van der Waals surface area (Å²) in [7, 11) is 0. The average Bonchev–Trinajstić information content (AvgIpc) is 2.68. The van der Waals surface area contributed by atoms with Gasteiger partial charge in [-0.15, -0.1) is 0 Å². The van der Waals surface area contributed by atoms with Gasteiger partial charge in [0.2, 0.25) is 0 Å². The van der Waals surface area contributed by atoms with Crippen molar-refractivity contribution < 1.29 is 9.84 Å². The number of benzene rings is 1. The number of hydrogen-bond acceptors (Lipinski definition) is 3. The Labute approximate surface area is 159 Å². The van der Waals surface area contributed by atoms with E-state index in [9.17, 15) is 5.11 Å². The molecule has 1 aromatic rings. The first-order valence-electron chi connectivity index (χ1n) is 9.97. The fourth-order valence-corrected chi connectivity index (χ4v) is 2.92. The number of aliphatic hydroxyl groups is 1. The minimum absolute atomic E-state index is 0.110. The van der Waals surface area contributed by atoms with Crippen LogP contribution in [0, 0.1) is 5.41 Å². The molecule has 26 heavy (non-hydrogen) atoms. The van der Waals surface area contributed by atoms with Crippen LogP contribution in [0.2, 0.25) is 0 Å². The van der Waals surface area contributed by atoms with Crippen LogP contribution in [-0.4, -0.2) is 37.4 Å². The molecule has 0 saturated heterocycles. The van der Waals surface area contributed by atoms with Crippen LogP contribution in [0.25, 0.3) is 0 Å². The number of hydrogen-bond donors (Lipinski definition) is 3. The molecule has 1 aromatic carbocycles. The molecule has 5 nitrogen and oxygen atoms in total. The summed E-state index contributed by atoms with van der Waals surface area (Å²) in [6, 6.07) is 8.12. The SMILES string of the molecule is CCCOc1cccc(CN=C(NCC)NCC(CC)(CC)CCO)c1. The molecular formula is C21H37N3O2. The Bertz CT molecular complexity index is 528. The number of ether oxygens (including phenoxy) is 1. The van der Waals surface area contributed by atoms with Crippen LogP contribution in [-0.2, 0) is 6.54 Å². The van der Waals surface area contributed by atoms with Crippen LogP contribution >= 0.6 is 0 Å². The van der Waals surface area contributed by atoms with E-state index < -0.39 is 0 Å². The summed E-state index contributed by atoms with van der Waals surface area (Å²) >= 11 is 0. The van der Waals surface area contributed by atoms with Crippen LogP contribution in [0.5, 0.6) is 5.75 Å².